The lowest BCUT2D eigenvalue weighted by Crippen LogP contribution is -1.89. The Kier molecular flexibility index (Phi) is 2.52. The topological polar surface area (TPSA) is 51.8 Å². The summed E-state index contributed by atoms with van der Waals surface area (Å²) in [5.74, 6) is 1.03. The third-order valence-corrected chi connectivity index (χ3v) is 1.94. The summed E-state index contributed by atoms with van der Waals surface area (Å²) in [4.78, 5) is 13.5. The number of hydrogen-bond donors (Lipinski definition) is 0. The van der Waals surface area contributed by atoms with Gasteiger partial charge in [0.2, 0.25) is 12.0 Å². The second kappa shape index (κ2) is 3.98. The molecule has 0 aliphatic heterocycles. The van der Waals surface area contributed by atoms with E-state index in [-0.39, 0.29) is 5.88 Å². The number of benzene rings is 1. The van der Waals surface area contributed by atoms with Crippen LogP contribution in [0, 0.1) is 0 Å². The zero-order valence-corrected chi connectivity index (χ0v) is 8.19. The van der Waals surface area contributed by atoms with E-state index in [9.17, 15) is 4.79 Å². The summed E-state index contributed by atoms with van der Waals surface area (Å²) in [5, 5.41) is 0.856. The predicted octanol–water partition coefficient (Wildman–Crippen LogP) is 2.80. The number of furan rings is 1. The summed E-state index contributed by atoms with van der Waals surface area (Å²) in [6.07, 6.45) is 1.43. The van der Waals surface area contributed by atoms with Crippen LogP contribution in [0.2, 0.25) is 0 Å². The molecule has 4 heteroatoms. The van der Waals surface area contributed by atoms with E-state index < -0.39 is 0 Å². The molecule has 0 aliphatic rings. The number of aliphatic imine (C=N–C) groups is 1. The van der Waals surface area contributed by atoms with Crippen molar-refractivity contribution < 1.29 is 13.9 Å². The highest BCUT2D eigenvalue weighted by atomic mass is 16.5. The Morgan fingerprint density at radius 3 is 3.07 bits per heavy atom. The van der Waals surface area contributed by atoms with Crippen LogP contribution >= 0.6 is 0 Å². The van der Waals surface area contributed by atoms with Gasteiger partial charge in [0.1, 0.15) is 11.3 Å². The molecule has 0 saturated carbocycles. The van der Waals surface area contributed by atoms with Gasteiger partial charge in [-0.3, -0.25) is 0 Å². The Hall–Kier alpha value is -2.06. The first kappa shape index (κ1) is 9.49. The van der Waals surface area contributed by atoms with E-state index in [1.54, 1.807) is 12.1 Å². The number of hydrogen-bond acceptors (Lipinski definition) is 4. The van der Waals surface area contributed by atoms with E-state index in [0.29, 0.717) is 12.2 Å². The third-order valence-electron chi connectivity index (χ3n) is 1.94. The Morgan fingerprint density at radius 2 is 2.33 bits per heavy atom. The molecule has 0 N–H and O–H groups in total. The lowest BCUT2D eigenvalue weighted by Gasteiger charge is -2.00. The highest BCUT2D eigenvalue weighted by Gasteiger charge is 2.03. The van der Waals surface area contributed by atoms with Crippen LogP contribution in [0.5, 0.6) is 5.75 Å². The second-order valence-electron chi connectivity index (χ2n) is 2.92. The molecule has 0 bridgehead atoms. The lowest BCUT2D eigenvalue weighted by molar-refractivity contribution is 0.340. The molecule has 0 atom stereocenters. The number of nitrogens with zero attached hydrogens (tertiary/aromatic N) is 1. The van der Waals surface area contributed by atoms with Gasteiger partial charge in [-0.1, -0.05) is 0 Å². The smallest absolute Gasteiger partial charge is 0.243 e. The predicted molar refractivity (Wildman–Crippen MR) is 55.2 cm³/mol. The van der Waals surface area contributed by atoms with E-state index in [1.165, 1.54) is 6.08 Å². The summed E-state index contributed by atoms with van der Waals surface area (Å²) in [5.41, 5.74) is 0.674. The molecule has 0 fully saturated rings. The van der Waals surface area contributed by atoms with E-state index in [1.807, 2.05) is 19.1 Å². The second-order valence-corrected chi connectivity index (χ2v) is 2.92. The number of isocyanates is 1. The summed E-state index contributed by atoms with van der Waals surface area (Å²) < 4.78 is 10.6. The van der Waals surface area contributed by atoms with Crippen LogP contribution in [-0.2, 0) is 4.79 Å². The fraction of sp³-hybridized carbons (Fsp3) is 0.182. The van der Waals surface area contributed by atoms with Crippen molar-refractivity contribution in [3.63, 3.8) is 0 Å². The van der Waals surface area contributed by atoms with Gasteiger partial charge in [0, 0.05) is 11.5 Å². The van der Waals surface area contributed by atoms with Crippen LogP contribution in [0.1, 0.15) is 6.92 Å². The quantitative estimate of drug-likeness (QED) is 0.569. The molecule has 0 aliphatic carbocycles. The molecule has 2 rings (SSSR count). The van der Waals surface area contributed by atoms with Gasteiger partial charge < -0.3 is 9.15 Å². The zero-order valence-electron chi connectivity index (χ0n) is 8.19. The maximum Gasteiger partial charge on any atom is 0.243 e. The standard InChI is InChI=1S/C11H9NO3/c1-2-14-9-3-4-10-8(5-9)6-11(15-10)12-7-13/h3-6H,2H2,1H3. The minimum absolute atomic E-state index is 0.258. The molecule has 1 aromatic carbocycles. The first-order valence-corrected chi connectivity index (χ1v) is 4.57. The number of carbonyl (C=O) groups excluding carboxylic acids is 1. The highest BCUT2D eigenvalue weighted by molar-refractivity contribution is 5.82. The number of rotatable bonds is 3. The highest BCUT2D eigenvalue weighted by Crippen LogP contribution is 2.28. The third kappa shape index (κ3) is 1.90. The monoisotopic (exact) mass is 203 g/mol. The Bertz CT molecular complexity index is 524. The molecule has 0 spiro atoms. The summed E-state index contributed by atoms with van der Waals surface area (Å²) >= 11 is 0. The van der Waals surface area contributed by atoms with Gasteiger partial charge in [-0.15, -0.1) is 4.99 Å². The first-order chi connectivity index (χ1) is 7.33. The molecule has 1 heterocycles. The van der Waals surface area contributed by atoms with Gasteiger partial charge in [-0.25, -0.2) is 4.79 Å². The van der Waals surface area contributed by atoms with Gasteiger partial charge in [-0.2, -0.15) is 0 Å². The fourth-order valence-electron chi connectivity index (χ4n) is 1.36. The van der Waals surface area contributed by atoms with Crippen molar-refractivity contribution in [2.24, 2.45) is 4.99 Å². The van der Waals surface area contributed by atoms with Crippen LogP contribution in [0.25, 0.3) is 11.0 Å². The first-order valence-electron chi connectivity index (χ1n) is 4.57. The lowest BCUT2D eigenvalue weighted by atomic mass is 10.2. The molecule has 76 valence electrons. The summed E-state index contributed by atoms with van der Waals surface area (Å²) in [7, 11) is 0. The molecule has 0 unspecified atom stereocenters. The van der Waals surface area contributed by atoms with E-state index >= 15 is 0 Å². The fourth-order valence-corrected chi connectivity index (χ4v) is 1.36. The van der Waals surface area contributed by atoms with Crippen LogP contribution in [0.3, 0.4) is 0 Å². The van der Waals surface area contributed by atoms with E-state index in [0.717, 1.165) is 11.1 Å². The summed E-state index contributed by atoms with van der Waals surface area (Å²) in [6.45, 7) is 2.53. The maximum atomic E-state index is 10.0. The van der Waals surface area contributed by atoms with Gasteiger partial charge in [0.25, 0.3) is 0 Å². The molecular formula is C11H9NO3. The van der Waals surface area contributed by atoms with Gasteiger partial charge in [-0.05, 0) is 25.1 Å². The summed E-state index contributed by atoms with van der Waals surface area (Å²) in [6, 6.07) is 7.10. The van der Waals surface area contributed by atoms with Crippen molar-refractivity contribution in [1.29, 1.82) is 0 Å². The van der Waals surface area contributed by atoms with Crippen LogP contribution in [0.4, 0.5) is 5.88 Å². The van der Waals surface area contributed by atoms with Gasteiger partial charge in [0.05, 0.1) is 6.61 Å². The molecule has 4 nitrogen and oxygen atoms in total. The van der Waals surface area contributed by atoms with Crippen molar-refractivity contribution in [2.75, 3.05) is 6.61 Å². The van der Waals surface area contributed by atoms with Crippen molar-refractivity contribution in [2.45, 2.75) is 6.92 Å². The zero-order chi connectivity index (χ0) is 10.7. The molecule has 0 radical (unpaired) electrons. The normalized spacial score (nSPS) is 9.93. The van der Waals surface area contributed by atoms with Crippen LogP contribution in [0.15, 0.2) is 33.7 Å². The SMILES string of the molecule is CCOc1ccc2oc(N=C=O)cc2c1. The van der Waals surface area contributed by atoms with E-state index in [4.69, 9.17) is 9.15 Å². The molecule has 0 saturated heterocycles. The number of ether oxygens (including phenoxy) is 1. The van der Waals surface area contributed by atoms with Gasteiger partial charge in [0.15, 0.2) is 0 Å². The minimum Gasteiger partial charge on any atom is -0.494 e. The average molecular weight is 203 g/mol. The number of fused-ring (bicyclic) bond motifs is 1. The largest absolute Gasteiger partial charge is 0.494 e. The van der Waals surface area contributed by atoms with Crippen LogP contribution < -0.4 is 4.74 Å². The van der Waals surface area contributed by atoms with Crippen LogP contribution in [-0.4, -0.2) is 12.7 Å². The Balaban J connectivity index is 2.47. The Morgan fingerprint density at radius 1 is 1.47 bits per heavy atom. The van der Waals surface area contributed by atoms with E-state index in [2.05, 4.69) is 4.99 Å². The van der Waals surface area contributed by atoms with Crippen molar-refractivity contribution in [3.05, 3.63) is 24.3 Å². The van der Waals surface area contributed by atoms with Crippen molar-refractivity contribution in [3.8, 4) is 5.75 Å². The molecular weight excluding hydrogens is 194 g/mol. The Labute approximate surface area is 86.2 Å². The molecule has 2 aromatic rings. The van der Waals surface area contributed by atoms with Gasteiger partial charge >= 0.3 is 0 Å². The van der Waals surface area contributed by atoms with Crippen molar-refractivity contribution in [1.82, 2.24) is 0 Å². The molecule has 0 amide bonds. The van der Waals surface area contributed by atoms with Crippen molar-refractivity contribution >= 4 is 22.9 Å². The molecule has 1 aromatic heterocycles. The molecule has 15 heavy (non-hydrogen) atoms. The average Bonchev–Trinajstić information content (AvgIpc) is 2.60. The minimum atomic E-state index is 0.258. The maximum absolute atomic E-state index is 10.0.